The Hall–Kier alpha value is -3.01. The van der Waals surface area contributed by atoms with Gasteiger partial charge in [-0.1, -0.05) is 0 Å². The summed E-state index contributed by atoms with van der Waals surface area (Å²) in [5.74, 6) is 0.593. The van der Waals surface area contributed by atoms with Crippen LogP contribution in [0, 0.1) is 5.92 Å². The van der Waals surface area contributed by atoms with Crippen LogP contribution in [-0.4, -0.2) is 58.3 Å². The number of ether oxygens (including phenoxy) is 2. The lowest BCUT2D eigenvalue weighted by Crippen LogP contribution is -2.49. The van der Waals surface area contributed by atoms with Gasteiger partial charge in [0, 0.05) is 25.3 Å². The van der Waals surface area contributed by atoms with Crippen LogP contribution >= 0.6 is 0 Å². The molecule has 3 N–H and O–H groups in total. The molecule has 3 atom stereocenters. The zero-order valence-electron chi connectivity index (χ0n) is 15.8. The Morgan fingerprint density at radius 3 is 2.75 bits per heavy atom. The molecule has 1 aliphatic rings. The molecule has 0 radical (unpaired) electrons. The highest BCUT2D eigenvalue weighted by Gasteiger charge is 2.35. The fourth-order valence-corrected chi connectivity index (χ4v) is 3.31. The van der Waals surface area contributed by atoms with Gasteiger partial charge in [-0.05, 0) is 25.3 Å². The van der Waals surface area contributed by atoms with Gasteiger partial charge in [-0.25, -0.2) is 9.97 Å². The molecule has 3 rings (SSSR count). The van der Waals surface area contributed by atoms with Crippen molar-refractivity contribution in [3.8, 4) is 5.88 Å². The Morgan fingerprint density at radius 2 is 2.11 bits per heavy atom. The van der Waals surface area contributed by atoms with Crippen molar-refractivity contribution in [2.45, 2.75) is 38.0 Å². The lowest BCUT2D eigenvalue weighted by Gasteiger charge is -2.35. The molecular formula is C18H24N6O4. The predicted molar refractivity (Wildman–Crippen MR) is 98.4 cm³/mol. The summed E-state index contributed by atoms with van der Waals surface area (Å²) in [4.78, 5) is 32.9. The number of amides is 2. The topological polar surface area (TPSA) is 131 Å². The number of hydrogen-bond donors (Lipinski definition) is 3. The SMILES string of the molecule is COc1ccc(C(=O)N[C@@H]2CC[C@H](C(=O)NCc3ncn[nH]3)C[C@H]2OC)cn1. The first kappa shape index (κ1) is 19.7. The second-order valence-corrected chi connectivity index (χ2v) is 6.60. The molecule has 0 spiro atoms. The summed E-state index contributed by atoms with van der Waals surface area (Å²) in [6, 6.07) is 3.13. The van der Waals surface area contributed by atoms with Gasteiger partial charge in [0.2, 0.25) is 11.8 Å². The fraction of sp³-hybridized carbons (Fsp3) is 0.500. The van der Waals surface area contributed by atoms with Crippen LogP contribution in [0.4, 0.5) is 0 Å². The van der Waals surface area contributed by atoms with Gasteiger partial charge in [0.05, 0.1) is 31.4 Å². The van der Waals surface area contributed by atoms with E-state index >= 15 is 0 Å². The van der Waals surface area contributed by atoms with Crippen LogP contribution in [0.5, 0.6) is 5.88 Å². The summed E-state index contributed by atoms with van der Waals surface area (Å²) in [6.07, 6.45) is 4.46. The Morgan fingerprint density at radius 1 is 1.25 bits per heavy atom. The first-order chi connectivity index (χ1) is 13.6. The van der Waals surface area contributed by atoms with E-state index in [1.807, 2.05) is 0 Å². The number of aromatic nitrogens is 4. The molecule has 2 amide bonds. The summed E-state index contributed by atoms with van der Waals surface area (Å²) < 4.78 is 10.5. The van der Waals surface area contributed by atoms with Crippen LogP contribution in [0.25, 0.3) is 0 Å². The van der Waals surface area contributed by atoms with E-state index in [1.54, 1.807) is 19.2 Å². The van der Waals surface area contributed by atoms with E-state index in [9.17, 15) is 9.59 Å². The lowest BCUT2D eigenvalue weighted by atomic mass is 9.83. The first-order valence-electron chi connectivity index (χ1n) is 9.06. The van der Waals surface area contributed by atoms with Gasteiger partial charge in [0.1, 0.15) is 12.2 Å². The number of nitrogens with zero attached hydrogens (tertiary/aromatic N) is 3. The number of nitrogens with one attached hydrogen (secondary N) is 3. The van der Waals surface area contributed by atoms with Crippen LogP contribution in [0.15, 0.2) is 24.7 Å². The molecule has 2 aromatic rings. The van der Waals surface area contributed by atoms with Crippen LogP contribution in [0.2, 0.25) is 0 Å². The summed E-state index contributed by atoms with van der Waals surface area (Å²) >= 11 is 0. The highest BCUT2D eigenvalue weighted by molar-refractivity contribution is 5.94. The van der Waals surface area contributed by atoms with E-state index < -0.39 is 0 Å². The van der Waals surface area contributed by atoms with Crippen LogP contribution in [0.1, 0.15) is 35.4 Å². The van der Waals surface area contributed by atoms with Gasteiger partial charge in [-0.2, -0.15) is 5.10 Å². The van der Waals surface area contributed by atoms with E-state index in [1.165, 1.54) is 19.6 Å². The molecule has 28 heavy (non-hydrogen) atoms. The third-order valence-electron chi connectivity index (χ3n) is 4.88. The minimum Gasteiger partial charge on any atom is -0.481 e. The molecule has 150 valence electrons. The number of methoxy groups -OCH3 is 2. The van der Waals surface area contributed by atoms with Gasteiger partial charge in [-0.3, -0.25) is 14.7 Å². The second kappa shape index (κ2) is 9.27. The van der Waals surface area contributed by atoms with Crippen molar-refractivity contribution in [1.82, 2.24) is 30.8 Å². The Labute approximate surface area is 162 Å². The lowest BCUT2D eigenvalue weighted by molar-refractivity contribution is -0.128. The molecule has 1 saturated carbocycles. The Kier molecular flexibility index (Phi) is 6.53. The van der Waals surface area contributed by atoms with Gasteiger partial charge < -0.3 is 20.1 Å². The molecule has 0 aromatic carbocycles. The fourth-order valence-electron chi connectivity index (χ4n) is 3.31. The largest absolute Gasteiger partial charge is 0.481 e. The molecule has 0 saturated heterocycles. The minimum absolute atomic E-state index is 0.0532. The van der Waals surface area contributed by atoms with Crippen molar-refractivity contribution in [1.29, 1.82) is 0 Å². The molecule has 10 heteroatoms. The average Bonchev–Trinajstić information content (AvgIpc) is 3.26. The molecular weight excluding hydrogens is 364 g/mol. The Balaban J connectivity index is 1.53. The monoisotopic (exact) mass is 388 g/mol. The number of carbonyl (C=O) groups is 2. The highest BCUT2D eigenvalue weighted by atomic mass is 16.5. The van der Waals surface area contributed by atoms with Crippen molar-refractivity contribution in [2.75, 3.05) is 14.2 Å². The number of carbonyl (C=O) groups excluding carboxylic acids is 2. The zero-order valence-corrected chi connectivity index (χ0v) is 15.8. The van der Waals surface area contributed by atoms with E-state index in [2.05, 4.69) is 30.8 Å². The molecule has 0 aliphatic heterocycles. The van der Waals surface area contributed by atoms with Crippen molar-refractivity contribution in [2.24, 2.45) is 5.92 Å². The van der Waals surface area contributed by atoms with Gasteiger partial charge in [-0.15, -0.1) is 0 Å². The molecule has 1 fully saturated rings. The second-order valence-electron chi connectivity index (χ2n) is 6.60. The van der Waals surface area contributed by atoms with E-state index in [0.29, 0.717) is 43.1 Å². The third-order valence-corrected chi connectivity index (χ3v) is 4.88. The zero-order chi connectivity index (χ0) is 19.9. The normalized spacial score (nSPS) is 21.7. The summed E-state index contributed by atoms with van der Waals surface area (Å²) in [6.45, 7) is 0.303. The minimum atomic E-state index is -0.245. The van der Waals surface area contributed by atoms with Crippen LogP contribution in [0.3, 0.4) is 0 Å². The predicted octanol–water partition coefficient (Wildman–Crippen LogP) is 0.438. The molecule has 10 nitrogen and oxygen atoms in total. The van der Waals surface area contributed by atoms with E-state index in [-0.39, 0.29) is 29.9 Å². The molecule has 2 heterocycles. The van der Waals surface area contributed by atoms with E-state index in [4.69, 9.17) is 9.47 Å². The van der Waals surface area contributed by atoms with Crippen LogP contribution in [-0.2, 0) is 16.1 Å². The van der Waals surface area contributed by atoms with Crippen molar-refractivity contribution in [3.05, 3.63) is 36.0 Å². The maximum absolute atomic E-state index is 12.5. The smallest absolute Gasteiger partial charge is 0.253 e. The number of pyridine rings is 1. The number of H-pyrrole nitrogens is 1. The highest BCUT2D eigenvalue weighted by Crippen LogP contribution is 2.27. The molecule has 0 unspecified atom stereocenters. The number of hydrogen-bond acceptors (Lipinski definition) is 7. The standard InChI is InChI=1S/C18H24N6O4/c1-27-14-7-11(17(25)20-9-15-21-10-22-24-15)3-5-13(14)23-18(26)12-4-6-16(28-2)19-8-12/h4,6,8,10-11,13-14H,3,5,7,9H2,1-2H3,(H,20,25)(H,23,26)(H,21,22,24)/t11-,13+,14+/m0/s1. The van der Waals surface area contributed by atoms with Gasteiger partial charge in [0.15, 0.2) is 0 Å². The van der Waals surface area contributed by atoms with E-state index in [0.717, 1.165) is 0 Å². The summed E-state index contributed by atoms with van der Waals surface area (Å²) in [7, 11) is 3.11. The molecule has 2 aromatic heterocycles. The molecule has 1 aliphatic carbocycles. The molecule has 0 bridgehead atoms. The van der Waals surface area contributed by atoms with Gasteiger partial charge in [0.25, 0.3) is 5.91 Å². The van der Waals surface area contributed by atoms with Crippen molar-refractivity contribution < 1.29 is 19.1 Å². The maximum Gasteiger partial charge on any atom is 0.253 e. The number of aromatic amines is 1. The van der Waals surface area contributed by atoms with Crippen molar-refractivity contribution in [3.63, 3.8) is 0 Å². The van der Waals surface area contributed by atoms with Gasteiger partial charge >= 0.3 is 0 Å². The average molecular weight is 388 g/mol. The maximum atomic E-state index is 12.5. The Bertz CT molecular complexity index is 780. The van der Waals surface area contributed by atoms with Crippen molar-refractivity contribution >= 4 is 11.8 Å². The third kappa shape index (κ3) is 4.83. The van der Waals surface area contributed by atoms with Crippen LogP contribution < -0.4 is 15.4 Å². The first-order valence-corrected chi connectivity index (χ1v) is 9.06. The quantitative estimate of drug-likeness (QED) is 0.627. The number of rotatable bonds is 7. The summed E-state index contributed by atoms with van der Waals surface area (Å²) in [5.41, 5.74) is 0.447. The summed E-state index contributed by atoms with van der Waals surface area (Å²) in [5, 5.41) is 12.3.